The van der Waals surface area contributed by atoms with Crippen molar-refractivity contribution in [3.63, 3.8) is 0 Å². The van der Waals surface area contributed by atoms with Crippen molar-refractivity contribution in [2.75, 3.05) is 0 Å². The Bertz CT molecular complexity index is 1200. The molecule has 0 unspecified atom stereocenters. The summed E-state index contributed by atoms with van der Waals surface area (Å²) in [6.07, 6.45) is 1.96. The van der Waals surface area contributed by atoms with E-state index in [1.54, 1.807) is 4.40 Å². The average molecular weight is 348 g/mol. The Morgan fingerprint density at radius 3 is 2.44 bits per heavy atom. The highest BCUT2D eigenvalue weighted by atomic mass is 32.1. The Labute approximate surface area is 150 Å². The smallest absolute Gasteiger partial charge is 0.267 e. The fourth-order valence-corrected chi connectivity index (χ4v) is 4.03. The Hall–Kier alpha value is -2.46. The lowest BCUT2D eigenvalue weighted by atomic mass is 10.0. The number of imidazole rings is 1. The number of thiazole rings is 1. The zero-order valence-electron chi connectivity index (χ0n) is 14.8. The molecule has 0 bridgehead atoms. The molecule has 0 aliphatic heterocycles. The van der Waals surface area contributed by atoms with E-state index in [2.05, 4.69) is 69.1 Å². The summed E-state index contributed by atoms with van der Waals surface area (Å²) in [6, 6.07) is 12.5. The molecule has 0 saturated heterocycles. The highest BCUT2D eigenvalue weighted by Gasteiger charge is 2.12. The number of hydrogen-bond acceptors (Lipinski definition) is 3. The molecule has 0 aliphatic rings. The van der Waals surface area contributed by atoms with E-state index in [4.69, 9.17) is 0 Å². The summed E-state index contributed by atoms with van der Waals surface area (Å²) in [5, 5.41) is 0. The zero-order valence-corrected chi connectivity index (χ0v) is 15.6. The third-order valence-corrected chi connectivity index (χ3v) is 5.72. The van der Waals surface area contributed by atoms with Crippen molar-refractivity contribution in [2.24, 2.45) is 0 Å². The van der Waals surface area contributed by atoms with Crippen LogP contribution in [0.25, 0.3) is 22.1 Å². The first-order valence-corrected chi connectivity index (χ1v) is 9.29. The van der Waals surface area contributed by atoms with Crippen LogP contribution in [0.2, 0.25) is 0 Å². The van der Waals surface area contributed by atoms with Gasteiger partial charge in [-0.3, -0.25) is 4.79 Å². The number of hydrogen-bond donors (Lipinski definition) is 0. The van der Waals surface area contributed by atoms with Crippen molar-refractivity contribution in [2.45, 2.75) is 33.6 Å². The van der Waals surface area contributed by atoms with E-state index in [1.807, 2.05) is 6.08 Å². The van der Waals surface area contributed by atoms with Gasteiger partial charge < -0.3 is 0 Å². The fraction of sp³-hybridized carbons (Fsp3) is 0.238. The van der Waals surface area contributed by atoms with Crippen LogP contribution in [0.1, 0.15) is 42.0 Å². The predicted octanol–water partition coefficient (Wildman–Crippen LogP) is 4.20. The molecule has 3 nitrogen and oxygen atoms in total. The van der Waals surface area contributed by atoms with E-state index in [0.717, 1.165) is 26.1 Å². The first-order chi connectivity index (χ1) is 11.9. The lowest BCUT2D eigenvalue weighted by Crippen LogP contribution is -2.22. The molecule has 4 aromatic rings. The van der Waals surface area contributed by atoms with Gasteiger partial charge in [0.15, 0.2) is 4.96 Å². The number of aromatic nitrogens is 2. The van der Waals surface area contributed by atoms with Crippen LogP contribution >= 0.6 is 11.3 Å². The Balaban J connectivity index is 1.89. The van der Waals surface area contributed by atoms with Gasteiger partial charge in [-0.05, 0) is 60.2 Å². The molecule has 4 heteroatoms. The molecule has 2 aromatic carbocycles. The normalized spacial score (nSPS) is 12.8. The van der Waals surface area contributed by atoms with Gasteiger partial charge in [-0.2, -0.15) is 0 Å². The van der Waals surface area contributed by atoms with E-state index in [9.17, 15) is 4.79 Å². The van der Waals surface area contributed by atoms with Gasteiger partial charge in [0.25, 0.3) is 5.56 Å². The molecule has 0 fully saturated rings. The molecule has 0 saturated carbocycles. The number of aryl methyl sites for hydroxylation is 2. The van der Waals surface area contributed by atoms with Crippen LogP contribution in [0.3, 0.4) is 0 Å². The molecule has 0 amide bonds. The lowest BCUT2D eigenvalue weighted by molar-refractivity contribution is 0.866. The third kappa shape index (κ3) is 2.67. The topological polar surface area (TPSA) is 34.4 Å². The molecule has 0 radical (unpaired) electrons. The van der Waals surface area contributed by atoms with Gasteiger partial charge in [0.1, 0.15) is 0 Å². The minimum absolute atomic E-state index is 0.0127. The molecule has 4 rings (SSSR count). The molecular formula is C21H20N2OS. The van der Waals surface area contributed by atoms with Crippen molar-refractivity contribution in [3.05, 3.63) is 73.5 Å². The van der Waals surface area contributed by atoms with Crippen LogP contribution in [0, 0.1) is 13.8 Å². The van der Waals surface area contributed by atoms with E-state index >= 15 is 0 Å². The number of nitrogens with zero attached hydrogens (tertiary/aromatic N) is 2. The predicted molar refractivity (Wildman–Crippen MR) is 106 cm³/mol. The maximum atomic E-state index is 12.9. The summed E-state index contributed by atoms with van der Waals surface area (Å²) >= 11 is 1.45. The second-order valence-electron chi connectivity index (χ2n) is 6.89. The van der Waals surface area contributed by atoms with Crippen molar-refractivity contribution in [3.8, 4) is 0 Å². The summed E-state index contributed by atoms with van der Waals surface area (Å²) < 4.78 is 2.46. The number of rotatable bonds is 2. The van der Waals surface area contributed by atoms with Crippen molar-refractivity contribution >= 4 is 33.4 Å². The fourth-order valence-electron chi connectivity index (χ4n) is 3.05. The average Bonchev–Trinajstić information content (AvgIpc) is 3.05. The highest BCUT2D eigenvalue weighted by molar-refractivity contribution is 7.15. The number of benzene rings is 2. The highest BCUT2D eigenvalue weighted by Crippen LogP contribution is 2.21. The van der Waals surface area contributed by atoms with Gasteiger partial charge in [-0.1, -0.05) is 49.4 Å². The first kappa shape index (κ1) is 16.0. The maximum absolute atomic E-state index is 12.9. The van der Waals surface area contributed by atoms with Crippen LogP contribution in [0.15, 0.2) is 41.2 Å². The second-order valence-corrected chi connectivity index (χ2v) is 7.90. The Morgan fingerprint density at radius 2 is 1.76 bits per heavy atom. The van der Waals surface area contributed by atoms with Gasteiger partial charge in [-0.15, -0.1) is 0 Å². The Kier molecular flexibility index (Phi) is 3.73. The quantitative estimate of drug-likeness (QED) is 0.544. The van der Waals surface area contributed by atoms with Gasteiger partial charge in [0.2, 0.25) is 0 Å². The van der Waals surface area contributed by atoms with Gasteiger partial charge in [-0.25, -0.2) is 9.38 Å². The van der Waals surface area contributed by atoms with E-state index < -0.39 is 0 Å². The Morgan fingerprint density at radius 1 is 1.08 bits per heavy atom. The minimum atomic E-state index is 0.0127. The molecule has 0 spiro atoms. The minimum Gasteiger partial charge on any atom is -0.267 e. The number of fused-ring (bicyclic) bond motifs is 3. The van der Waals surface area contributed by atoms with E-state index in [0.29, 0.717) is 5.92 Å². The van der Waals surface area contributed by atoms with Crippen LogP contribution < -0.4 is 10.1 Å². The largest absolute Gasteiger partial charge is 0.274 e. The first-order valence-electron chi connectivity index (χ1n) is 8.48. The van der Waals surface area contributed by atoms with E-state index in [1.165, 1.54) is 28.0 Å². The molecule has 25 heavy (non-hydrogen) atoms. The van der Waals surface area contributed by atoms with Crippen LogP contribution in [0.4, 0.5) is 0 Å². The molecule has 0 N–H and O–H groups in total. The molecular weight excluding hydrogens is 328 g/mol. The van der Waals surface area contributed by atoms with Gasteiger partial charge >= 0.3 is 0 Å². The van der Waals surface area contributed by atoms with Crippen molar-refractivity contribution < 1.29 is 0 Å². The van der Waals surface area contributed by atoms with Crippen LogP contribution in [-0.4, -0.2) is 9.38 Å². The molecule has 126 valence electrons. The summed E-state index contributed by atoms with van der Waals surface area (Å²) in [4.78, 5) is 18.3. The van der Waals surface area contributed by atoms with Crippen LogP contribution in [-0.2, 0) is 0 Å². The van der Waals surface area contributed by atoms with Crippen molar-refractivity contribution in [1.82, 2.24) is 9.38 Å². The van der Waals surface area contributed by atoms with Gasteiger partial charge in [0.05, 0.1) is 15.6 Å². The SMILES string of the molecule is Cc1cc2nc3sc(=Cc4ccc(C(C)C)cc4)c(=O)n3c2cc1C. The summed E-state index contributed by atoms with van der Waals surface area (Å²) in [5.74, 6) is 0.507. The molecule has 2 heterocycles. The van der Waals surface area contributed by atoms with Crippen LogP contribution in [0.5, 0.6) is 0 Å². The van der Waals surface area contributed by atoms with Gasteiger partial charge in [0, 0.05) is 0 Å². The molecule has 0 aliphatic carbocycles. The molecule has 2 aromatic heterocycles. The summed E-state index contributed by atoms with van der Waals surface area (Å²) in [5.41, 5.74) is 6.52. The lowest BCUT2D eigenvalue weighted by Gasteiger charge is -2.04. The standard InChI is InChI=1S/C21H20N2OS/c1-12(2)16-7-5-15(6-8-16)11-19-20(24)23-18-10-14(4)13(3)9-17(18)22-21(23)25-19/h5-12H,1-4H3. The third-order valence-electron chi connectivity index (χ3n) is 4.76. The summed E-state index contributed by atoms with van der Waals surface area (Å²) in [7, 11) is 0. The summed E-state index contributed by atoms with van der Waals surface area (Å²) in [6.45, 7) is 8.49. The maximum Gasteiger partial charge on any atom is 0.274 e. The van der Waals surface area contributed by atoms with E-state index in [-0.39, 0.29) is 5.56 Å². The van der Waals surface area contributed by atoms with Crippen molar-refractivity contribution in [1.29, 1.82) is 0 Å². The monoisotopic (exact) mass is 348 g/mol. The zero-order chi connectivity index (χ0) is 17.7. The second kappa shape index (κ2) is 5.81. The molecule has 0 atom stereocenters.